The van der Waals surface area contributed by atoms with Crippen LogP contribution >= 0.6 is 0 Å². The van der Waals surface area contributed by atoms with E-state index < -0.39 is 0 Å². The molecule has 0 heteroatoms. The van der Waals surface area contributed by atoms with E-state index >= 15 is 0 Å². The first-order valence-corrected chi connectivity index (χ1v) is 8.49. The van der Waals surface area contributed by atoms with E-state index in [1.807, 2.05) is 0 Å². The maximum absolute atomic E-state index is 3.88. The Morgan fingerprint density at radius 3 is 1.22 bits per heavy atom. The third-order valence-electron chi connectivity index (χ3n) is 3.74. The zero-order valence-corrected chi connectivity index (χ0v) is 12.9. The summed E-state index contributed by atoms with van der Waals surface area (Å²) in [6, 6.07) is 0. The fraction of sp³-hybridized carbons (Fsp3) is 0.889. The topological polar surface area (TPSA) is 0 Å². The summed E-state index contributed by atoms with van der Waals surface area (Å²) in [6.07, 6.45) is 23.5. The van der Waals surface area contributed by atoms with Crippen molar-refractivity contribution < 1.29 is 0 Å². The van der Waals surface area contributed by atoms with Gasteiger partial charge in [0.1, 0.15) is 0 Å². The summed E-state index contributed by atoms with van der Waals surface area (Å²) in [5.41, 5.74) is 0. The van der Waals surface area contributed by atoms with Gasteiger partial charge in [0, 0.05) is 0 Å². The minimum absolute atomic E-state index is 1.12. The molecule has 0 amide bonds. The third kappa shape index (κ3) is 16.0. The summed E-state index contributed by atoms with van der Waals surface area (Å²) in [5.74, 6) is 0. The molecule has 0 atom stereocenters. The van der Waals surface area contributed by atoms with E-state index in [-0.39, 0.29) is 0 Å². The second-order valence-corrected chi connectivity index (χ2v) is 5.65. The van der Waals surface area contributed by atoms with Crippen molar-refractivity contribution in [1.29, 1.82) is 0 Å². The van der Waals surface area contributed by atoms with Crippen LogP contribution < -0.4 is 0 Å². The van der Waals surface area contributed by atoms with Crippen LogP contribution in [0.15, 0.2) is 0 Å². The molecule has 2 radical (unpaired) electrons. The first-order chi connectivity index (χ1) is 8.91. The summed E-state index contributed by atoms with van der Waals surface area (Å²) in [4.78, 5) is 0. The lowest BCUT2D eigenvalue weighted by Gasteiger charge is -2.02. The van der Waals surface area contributed by atoms with Crippen LogP contribution in [0.5, 0.6) is 0 Å². The van der Waals surface area contributed by atoms with Crippen molar-refractivity contribution in [3.63, 3.8) is 0 Å². The molecule has 0 unspecified atom stereocenters. The van der Waals surface area contributed by atoms with E-state index in [2.05, 4.69) is 20.3 Å². The van der Waals surface area contributed by atoms with Gasteiger partial charge < -0.3 is 0 Å². The van der Waals surface area contributed by atoms with Gasteiger partial charge in [-0.15, -0.1) is 0 Å². The van der Waals surface area contributed by atoms with E-state index in [1.165, 1.54) is 89.9 Å². The summed E-state index contributed by atoms with van der Waals surface area (Å²) >= 11 is 0. The zero-order chi connectivity index (χ0) is 13.3. The molecule has 108 valence electrons. The Morgan fingerprint density at radius 2 is 0.889 bits per heavy atom. The molecule has 0 aromatic heterocycles. The number of unbranched alkanes of at least 4 members (excludes halogenated alkanes) is 15. The Kier molecular flexibility index (Phi) is 17.0. The van der Waals surface area contributed by atoms with Crippen LogP contribution in [0.2, 0.25) is 0 Å². The Balaban J connectivity index is 2.86. The Bertz CT molecular complexity index is 112. The van der Waals surface area contributed by atoms with Crippen LogP contribution in [0.25, 0.3) is 0 Å². The number of rotatable bonds is 15. The summed E-state index contributed by atoms with van der Waals surface area (Å²) in [6.45, 7) is 6.05. The van der Waals surface area contributed by atoms with Crippen LogP contribution in [0.4, 0.5) is 0 Å². The highest BCUT2D eigenvalue weighted by atomic mass is 14.0. The van der Waals surface area contributed by atoms with Gasteiger partial charge in [0.2, 0.25) is 0 Å². The van der Waals surface area contributed by atoms with Crippen molar-refractivity contribution in [2.24, 2.45) is 0 Å². The van der Waals surface area contributed by atoms with E-state index in [1.54, 1.807) is 0 Å². The highest BCUT2D eigenvalue weighted by Crippen LogP contribution is 2.13. The SMILES string of the molecule is [CH2]CCCCCCCCCCCCCCC[CH]C. The highest BCUT2D eigenvalue weighted by Gasteiger charge is 1.93. The minimum atomic E-state index is 1.12. The van der Waals surface area contributed by atoms with Crippen molar-refractivity contribution in [1.82, 2.24) is 0 Å². The molecule has 0 aliphatic carbocycles. The van der Waals surface area contributed by atoms with Crippen LogP contribution in [0.1, 0.15) is 103 Å². The molecule has 0 fully saturated rings. The molecule has 0 saturated heterocycles. The summed E-state index contributed by atoms with van der Waals surface area (Å²) in [7, 11) is 0. The molecule has 0 aromatic carbocycles. The van der Waals surface area contributed by atoms with Crippen LogP contribution in [-0.2, 0) is 0 Å². The number of hydrogen-bond acceptors (Lipinski definition) is 0. The molecule has 18 heavy (non-hydrogen) atoms. The van der Waals surface area contributed by atoms with Gasteiger partial charge in [0.15, 0.2) is 0 Å². The molecule has 0 N–H and O–H groups in total. The Labute approximate surface area is 117 Å². The van der Waals surface area contributed by atoms with Gasteiger partial charge in [-0.3, -0.25) is 0 Å². The quantitative estimate of drug-likeness (QED) is 0.278. The minimum Gasteiger partial charge on any atom is -0.0623 e. The molecule has 0 nitrogen and oxygen atoms in total. The lowest BCUT2D eigenvalue weighted by atomic mass is 10.0. The van der Waals surface area contributed by atoms with Crippen molar-refractivity contribution in [3.05, 3.63) is 13.3 Å². The molecule has 0 aliphatic rings. The van der Waals surface area contributed by atoms with Crippen molar-refractivity contribution in [2.45, 2.75) is 103 Å². The van der Waals surface area contributed by atoms with E-state index in [9.17, 15) is 0 Å². The van der Waals surface area contributed by atoms with Gasteiger partial charge in [-0.05, 0) is 6.42 Å². The van der Waals surface area contributed by atoms with Crippen molar-refractivity contribution in [2.75, 3.05) is 0 Å². The second-order valence-electron chi connectivity index (χ2n) is 5.65. The molecule has 0 bridgehead atoms. The predicted molar refractivity (Wildman–Crippen MR) is 84.6 cm³/mol. The van der Waals surface area contributed by atoms with Crippen molar-refractivity contribution >= 4 is 0 Å². The van der Waals surface area contributed by atoms with Crippen LogP contribution in [0, 0.1) is 13.3 Å². The first-order valence-electron chi connectivity index (χ1n) is 8.49. The Hall–Kier alpha value is 0. The third-order valence-corrected chi connectivity index (χ3v) is 3.74. The average Bonchev–Trinajstić information content (AvgIpc) is 2.39. The monoisotopic (exact) mass is 252 g/mol. The standard InChI is InChI=1S/C18H36/c1-3-5-7-9-11-13-15-17-18-16-14-12-10-8-6-4-2/h4H,1,3,5-18H2,2H3. The molecular weight excluding hydrogens is 216 g/mol. The fourth-order valence-corrected chi connectivity index (χ4v) is 2.47. The van der Waals surface area contributed by atoms with E-state index in [4.69, 9.17) is 0 Å². The molecule has 0 aromatic rings. The molecule has 0 heterocycles. The fourth-order valence-electron chi connectivity index (χ4n) is 2.47. The Morgan fingerprint density at radius 1 is 0.556 bits per heavy atom. The van der Waals surface area contributed by atoms with Gasteiger partial charge in [-0.1, -0.05) is 110 Å². The maximum Gasteiger partial charge on any atom is -0.0417 e. The molecule has 0 saturated carbocycles. The maximum atomic E-state index is 3.88. The molecular formula is C18H36. The van der Waals surface area contributed by atoms with Crippen molar-refractivity contribution in [3.8, 4) is 0 Å². The van der Waals surface area contributed by atoms with Gasteiger partial charge >= 0.3 is 0 Å². The van der Waals surface area contributed by atoms with Crippen LogP contribution in [-0.4, -0.2) is 0 Å². The summed E-state index contributed by atoms with van der Waals surface area (Å²) in [5, 5.41) is 0. The van der Waals surface area contributed by atoms with E-state index in [0.717, 1.165) is 6.42 Å². The van der Waals surface area contributed by atoms with Gasteiger partial charge in [-0.25, -0.2) is 0 Å². The lowest BCUT2D eigenvalue weighted by molar-refractivity contribution is 0.537. The zero-order valence-electron chi connectivity index (χ0n) is 12.9. The van der Waals surface area contributed by atoms with Crippen LogP contribution in [0.3, 0.4) is 0 Å². The van der Waals surface area contributed by atoms with Gasteiger partial charge in [0.25, 0.3) is 0 Å². The smallest absolute Gasteiger partial charge is 0.0417 e. The second kappa shape index (κ2) is 17.0. The normalized spacial score (nSPS) is 11.0. The average molecular weight is 252 g/mol. The predicted octanol–water partition coefficient (Wildman–Crippen LogP) is 6.90. The van der Waals surface area contributed by atoms with Gasteiger partial charge in [0.05, 0.1) is 0 Å². The molecule has 0 aliphatic heterocycles. The highest BCUT2D eigenvalue weighted by molar-refractivity contribution is 4.55. The van der Waals surface area contributed by atoms with E-state index in [0.29, 0.717) is 0 Å². The first kappa shape index (κ1) is 18.0. The summed E-state index contributed by atoms with van der Waals surface area (Å²) < 4.78 is 0. The largest absolute Gasteiger partial charge is 0.0623 e. The lowest BCUT2D eigenvalue weighted by Crippen LogP contribution is -1.83. The molecule has 0 spiro atoms. The molecule has 0 rings (SSSR count). The van der Waals surface area contributed by atoms with Gasteiger partial charge in [-0.2, -0.15) is 0 Å². The number of hydrogen-bond donors (Lipinski definition) is 0.